The van der Waals surface area contributed by atoms with Crippen LogP contribution in [0, 0.1) is 0 Å². The predicted molar refractivity (Wildman–Crippen MR) is 75.3 cm³/mol. The second kappa shape index (κ2) is 7.56. The van der Waals surface area contributed by atoms with Crippen LogP contribution in [-0.4, -0.2) is 37.8 Å². The molecule has 0 aromatic heterocycles. The maximum atomic E-state index is 11.2. The van der Waals surface area contributed by atoms with E-state index < -0.39 is 9.84 Å². The molecule has 0 aliphatic carbocycles. The standard InChI is InChI=1S/C12H17NO3S2/c1-18(15,16)10-12(14)17-8-7-13-9-11-5-3-2-4-6-11/h2-6,13H,7-10H2,1H3. The summed E-state index contributed by atoms with van der Waals surface area (Å²) in [5, 5.41) is 2.90. The zero-order chi connectivity index (χ0) is 13.4. The van der Waals surface area contributed by atoms with Crippen LogP contribution in [0.1, 0.15) is 5.56 Å². The minimum Gasteiger partial charge on any atom is -0.312 e. The van der Waals surface area contributed by atoms with Gasteiger partial charge in [-0.1, -0.05) is 42.1 Å². The Bertz CT molecular complexity index is 471. The van der Waals surface area contributed by atoms with E-state index in [9.17, 15) is 13.2 Å². The molecule has 0 radical (unpaired) electrons. The van der Waals surface area contributed by atoms with Gasteiger partial charge in [0.05, 0.1) is 0 Å². The lowest BCUT2D eigenvalue weighted by atomic mass is 10.2. The molecule has 0 saturated heterocycles. The average Bonchev–Trinajstić information content (AvgIpc) is 2.27. The van der Waals surface area contributed by atoms with Crippen LogP contribution < -0.4 is 5.32 Å². The first-order valence-corrected chi connectivity index (χ1v) is 8.60. The van der Waals surface area contributed by atoms with Gasteiger partial charge in [0.2, 0.25) is 5.12 Å². The van der Waals surface area contributed by atoms with Crippen LogP contribution in [0.4, 0.5) is 0 Å². The molecule has 0 atom stereocenters. The second-order valence-electron chi connectivity index (χ2n) is 3.95. The van der Waals surface area contributed by atoms with Gasteiger partial charge >= 0.3 is 0 Å². The number of benzene rings is 1. The van der Waals surface area contributed by atoms with Crippen LogP contribution in [0.5, 0.6) is 0 Å². The lowest BCUT2D eigenvalue weighted by Crippen LogP contribution is -2.18. The van der Waals surface area contributed by atoms with Crippen LogP contribution >= 0.6 is 11.8 Å². The molecule has 100 valence electrons. The number of sulfone groups is 1. The Balaban J connectivity index is 2.11. The van der Waals surface area contributed by atoms with Crippen molar-refractivity contribution in [3.05, 3.63) is 35.9 Å². The highest BCUT2D eigenvalue weighted by molar-refractivity contribution is 8.15. The van der Waals surface area contributed by atoms with E-state index in [0.717, 1.165) is 24.6 Å². The van der Waals surface area contributed by atoms with Gasteiger partial charge in [0.25, 0.3) is 0 Å². The molecule has 6 heteroatoms. The molecule has 18 heavy (non-hydrogen) atoms. The molecule has 4 nitrogen and oxygen atoms in total. The molecule has 0 fully saturated rings. The first-order valence-electron chi connectivity index (χ1n) is 5.55. The minimum atomic E-state index is -3.20. The van der Waals surface area contributed by atoms with E-state index in [1.54, 1.807) is 0 Å². The van der Waals surface area contributed by atoms with Crippen LogP contribution in [0.15, 0.2) is 30.3 Å². The topological polar surface area (TPSA) is 63.2 Å². The highest BCUT2D eigenvalue weighted by Crippen LogP contribution is 2.03. The van der Waals surface area contributed by atoms with Gasteiger partial charge in [0.15, 0.2) is 9.84 Å². The first kappa shape index (κ1) is 15.2. The molecule has 1 aromatic rings. The summed E-state index contributed by atoms with van der Waals surface area (Å²) >= 11 is 1.06. The monoisotopic (exact) mass is 287 g/mol. The lowest BCUT2D eigenvalue weighted by Gasteiger charge is -2.04. The quantitative estimate of drug-likeness (QED) is 0.760. The van der Waals surface area contributed by atoms with Gasteiger partial charge in [0.1, 0.15) is 5.75 Å². The third kappa shape index (κ3) is 7.47. The van der Waals surface area contributed by atoms with Crippen LogP contribution in [0.3, 0.4) is 0 Å². The summed E-state index contributed by atoms with van der Waals surface area (Å²) in [6.45, 7) is 1.43. The molecule has 0 heterocycles. The zero-order valence-corrected chi connectivity index (χ0v) is 11.9. The van der Waals surface area contributed by atoms with Crippen molar-refractivity contribution in [2.45, 2.75) is 6.54 Å². The summed E-state index contributed by atoms with van der Waals surface area (Å²) in [5.74, 6) is 0.206. The maximum absolute atomic E-state index is 11.2. The van der Waals surface area contributed by atoms with E-state index >= 15 is 0 Å². The molecule has 0 aliphatic heterocycles. The molecule has 1 rings (SSSR count). The number of hydrogen-bond acceptors (Lipinski definition) is 5. The third-order valence-corrected chi connectivity index (χ3v) is 3.94. The summed E-state index contributed by atoms with van der Waals surface area (Å²) in [6.07, 6.45) is 1.07. The Labute approximate surface area is 112 Å². The summed E-state index contributed by atoms with van der Waals surface area (Å²) in [6, 6.07) is 9.95. The molecule has 0 bridgehead atoms. The van der Waals surface area contributed by atoms with Crippen molar-refractivity contribution >= 4 is 26.7 Å². The number of nitrogens with one attached hydrogen (secondary N) is 1. The van der Waals surface area contributed by atoms with Crippen molar-refractivity contribution in [2.75, 3.05) is 24.3 Å². The molecular formula is C12H17NO3S2. The van der Waals surface area contributed by atoms with Crippen LogP contribution in [0.25, 0.3) is 0 Å². The van der Waals surface area contributed by atoms with E-state index in [1.807, 2.05) is 30.3 Å². The fourth-order valence-corrected chi connectivity index (χ4v) is 3.20. The van der Waals surface area contributed by atoms with Crippen LogP contribution in [0.2, 0.25) is 0 Å². The molecule has 1 N–H and O–H groups in total. The number of carbonyl (C=O) groups is 1. The van der Waals surface area contributed by atoms with Gasteiger partial charge in [-0.25, -0.2) is 8.42 Å². The summed E-state index contributed by atoms with van der Waals surface area (Å²) in [4.78, 5) is 11.2. The van der Waals surface area contributed by atoms with Crippen molar-refractivity contribution < 1.29 is 13.2 Å². The SMILES string of the molecule is CS(=O)(=O)CC(=O)SCCNCc1ccccc1. The average molecular weight is 287 g/mol. The summed E-state index contributed by atoms with van der Waals surface area (Å²) in [7, 11) is -3.20. The van der Waals surface area contributed by atoms with Gasteiger partial charge in [-0.3, -0.25) is 4.79 Å². The second-order valence-corrected chi connectivity index (χ2v) is 7.25. The molecule has 0 spiro atoms. The molecular weight excluding hydrogens is 270 g/mol. The first-order chi connectivity index (χ1) is 8.47. The van der Waals surface area contributed by atoms with Crippen molar-refractivity contribution in [3.63, 3.8) is 0 Å². The highest BCUT2D eigenvalue weighted by Gasteiger charge is 2.10. The van der Waals surface area contributed by atoms with E-state index in [4.69, 9.17) is 0 Å². The normalized spacial score (nSPS) is 11.4. The Hall–Kier alpha value is -0.850. The van der Waals surface area contributed by atoms with Gasteiger partial charge in [-0.15, -0.1) is 0 Å². The molecule has 1 aromatic carbocycles. The summed E-state index contributed by atoms with van der Waals surface area (Å²) in [5.41, 5.74) is 1.19. The fourth-order valence-electron chi connectivity index (χ4n) is 1.32. The van der Waals surface area contributed by atoms with Crippen molar-refractivity contribution in [1.29, 1.82) is 0 Å². The summed E-state index contributed by atoms with van der Waals surface area (Å²) < 4.78 is 21.7. The van der Waals surface area contributed by atoms with Crippen LogP contribution in [-0.2, 0) is 21.2 Å². The molecule has 0 aliphatic rings. The number of carbonyl (C=O) groups excluding carboxylic acids is 1. The number of thioether (sulfide) groups is 1. The van der Waals surface area contributed by atoms with Gasteiger partial charge in [-0.05, 0) is 5.56 Å². The largest absolute Gasteiger partial charge is 0.312 e. The zero-order valence-electron chi connectivity index (χ0n) is 10.3. The molecule has 0 unspecified atom stereocenters. The molecule has 0 saturated carbocycles. The fraction of sp³-hybridized carbons (Fsp3) is 0.417. The van der Waals surface area contributed by atoms with Gasteiger partial charge in [0, 0.05) is 25.1 Å². The van der Waals surface area contributed by atoms with Crippen molar-refractivity contribution in [3.8, 4) is 0 Å². The van der Waals surface area contributed by atoms with E-state index in [0.29, 0.717) is 12.3 Å². The van der Waals surface area contributed by atoms with E-state index in [1.165, 1.54) is 5.56 Å². The smallest absolute Gasteiger partial charge is 0.204 e. The van der Waals surface area contributed by atoms with E-state index in [2.05, 4.69) is 5.32 Å². The maximum Gasteiger partial charge on any atom is 0.204 e. The lowest BCUT2D eigenvalue weighted by molar-refractivity contribution is -0.108. The Morgan fingerprint density at radius 2 is 1.94 bits per heavy atom. The molecule has 0 amide bonds. The van der Waals surface area contributed by atoms with E-state index in [-0.39, 0.29) is 10.9 Å². The Kier molecular flexibility index (Phi) is 6.38. The highest BCUT2D eigenvalue weighted by atomic mass is 32.2. The minimum absolute atomic E-state index is 0.293. The Morgan fingerprint density at radius 1 is 1.28 bits per heavy atom. The van der Waals surface area contributed by atoms with Gasteiger partial charge in [-0.2, -0.15) is 0 Å². The Morgan fingerprint density at radius 3 is 2.56 bits per heavy atom. The van der Waals surface area contributed by atoms with Gasteiger partial charge < -0.3 is 5.32 Å². The third-order valence-electron chi connectivity index (χ3n) is 2.09. The number of hydrogen-bond donors (Lipinski definition) is 1. The number of rotatable bonds is 7. The predicted octanol–water partition coefficient (Wildman–Crippen LogP) is 1.08. The van der Waals surface area contributed by atoms with Crippen molar-refractivity contribution in [1.82, 2.24) is 5.32 Å². The van der Waals surface area contributed by atoms with Crippen molar-refractivity contribution in [2.24, 2.45) is 0 Å².